The summed E-state index contributed by atoms with van der Waals surface area (Å²) in [6.07, 6.45) is 1.69. The average molecular weight is 263 g/mol. The summed E-state index contributed by atoms with van der Waals surface area (Å²) < 4.78 is 11.1. The Morgan fingerprint density at radius 2 is 1.90 bits per heavy atom. The van der Waals surface area contributed by atoms with Gasteiger partial charge in [0.1, 0.15) is 19.3 Å². The van der Waals surface area contributed by atoms with Gasteiger partial charge in [-0.05, 0) is 23.3 Å². The van der Waals surface area contributed by atoms with Crippen molar-refractivity contribution in [1.82, 2.24) is 0 Å². The second-order valence-corrected chi connectivity index (χ2v) is 4.44. The van der Waals surface area contributed by atoms with Crippen molar-refractivity contribution in [3.63, 3.8) is 0 Å². The Bertz CT molecular complexity index is 713. The van der Waals surface area contributed by atoms with Gasteiger partial charge in [0.2, 0.25) is 0 Å². The van der Waals surface area contributed by atoms with Crippen LogP contribution in [-0.2, 0) is 0 Å². The summed E-state index contributed by atoms with van der Waals surface area (Å²) in [6.45, 7) is 4.87. The predicted molar refractivity (Wildman–Crippen MR) is 77.7 cm³/mol. The molecule has 0 atom stereocenters. The van der Waals surface area contributed by atoms with Gasteiger partial charge in [0, 0.05) is 5.56 Å². The summed E-state index contributed by atoms with van der Waals surface area (Å²) in [5.41, 5.74) is 3.27. The summed E-state index contributed by atoms with van der Waals surface area (Å²) in [6, 6.07) is 13.7. The van der Waals surface area contributed by atoms with Crippen LogP contribution in [0.3, 0.4) is 0 Å². The SMILES string of the molecule is C=Cc1cccc(-c2ccc3c(c2)OCCO3)c1C#N. The molecule has 3 heteroatoms. The quantitative estimate of drug-likeness (QED) is 0.830. The number of fused-ring (bicyclic) bond motifs is 1. The van der Waals surface area contributed by atoms with E-state index in [9.17, 15) is 5.26 Å². The minimum Gasteiger partial charge on any atom is -0.486 e. The van der Waals surface area contributed by atoms with Crippen molar-refractivity contribution in [3.8, 4) is 28.7 Å². The van der Waals surface area contributed by atoms with Crippen molar-refractivity contribution in [2.24, 2.45) is 0 Å². The smallest absolute Gasteiger partial charge is 0.161 e. The van der Waals surface area contributed by atoms with Gasteiger partial charge < -0.3 is 9.47 Å². The van der Waals surface area contributed by atoms with Crippen LogP contribution in [-0.4, -0.2) is 13.2 Å². The van der Waals surface area contributed by atoms with E-state index < -0.39 is 0 Å². The third-order valence-electron chi connectivity index (χ3n) is 3.28. The maximum Gasteiger partial charge on any atom is 0.161 e. The number of hydrogen-bond acceptors (Lipinski definition) is 3. The maximum atomic E-state index is 9.38. The fourth-order valence-electron chi connectivity index (χ4n) is 2.32. The number of rotatable bonds is 2. The molecule has 98 valence electrons. The van der Waals surface area contributed by atoms with E-state index in [-0.39, 0.29) is 0 Å². The normalized spacial score (nSPS) is 12.6. The van der Waals surface area contributed by atoms with Gasteiger partial charge in [-0.25, -0.2) is 0 Å². The second-order valence-electron chi connectivity index (χ2n) is 4.44. The molecule has 0 unspecified atom stereocenters. The standard InChI is InChI=1S/C17H13NO2/c1-2-12-4-3-5-14(15(12)11-18)13-6-7-16-17(10-13)20-9-8-19-16/h2-7,10H,1,8-9H2. The molecule has 0 amide bonds. The lowest BCUT2D eigenvalue weighted by Gasteiger charge is -2.19. The highest BCUT2D eigenvalue weighted by molar-refractivity contribution is 5.77. The van der Waals surface area contributed by atoms with Gasteiger partial charge in [-0.2, -0.15) is 5.26 Å². The molecule has 3 rings (SSSR count). The first-order chi connectivity index (χ1) is 9.83. The predicted octanol–water partition coefficient (Wildman–Crippen LogP) is 3.64. The monoisotopic (exact) mass is 263 g/mol. The zero-order chi connectivity index (χ0) is 13.9. The van der Waals surface area contributed by atoms with Crippen LogP contribution in [0.4, 0.5) is 0 Å². The second kappa shape index (κ2) is 5.10. The van der Waals surface area contributed by atoms with Crippen molar-refractivity contribution in [2.45, 2.75) is 0 Å². The van der Waals surface area contributed by atoms with Gasteiger partial charge in [0.05, 0.1) is 5.56 Å². The highest BCUT2D eigenvalue weighted by Crippen LogP contribution is 2.36. The zero-order valence-electron chi connectivity index (χ0n) is 10.9. The molecular weight excluding hydrogens is 250 g/mol. The summed E-state index contributed by atoms with van der Waals surface area (Å²) in [7, 11) is 0. The Morgan fingerprint density at radius 3 is 2.65 bits per heavy atom. The van der Waals surface area contributed by atoms with E-state index in [1.165, 1.54) is 0 Å². The molecule has 0 aromatic heterocycles. The van der Waals surface area contributed by atoms with Crippen LogP contribution in [0.5, 0.6) is 11.5 Å². The van der Waals surface area contributed by atoms with Crippen LogP contribution in [0.15, 0.2) is 43.0 Å². The summed E-state index contributed by atoms with van der Waals surface area (Å²) in [5.74, 6) is 1.47. The molecule has 0 N–H and O–H groups in total. The van der Waals surface area contributed by atoms with Crippen LogP contribution in [0.1, 0.15) is 11.1 Å². The molecule has 3 nitrogen and oxygen atoms in total. The van der Waals surface area contributed by atoms with E-state index >= 15 is 0 Å². The largest absolute Gasteiger partial charge is 0.486 e. The maximum absolute atomic E-state index is 9.38. The first-order valence-corrected chi connectivity index (χ1v) is 6.39. The van der Waals surface area contributed by atoms with Gasteiger partial charge in [-0.15, -0.1) is 0 Å². The van der Waals surface area contributed by atoms with E-state index in [2.05, 4.69) is 12.6 Å². The fraction of sp³-hybridized carbons (Fsp3) is 0.118. The number of nitrogens with zero attached hydrogens (tertiary/aromatic N) is 1. The molecule has 0 radical (unpaired) electrons. The van der Waals surface area contributed by atoms with Crippen LogP contribution in [0, 0.1) is 11.3 Å². The van der Waals surface area contributed by atoms with Gasteiger partial charge in [-0.1, -0.05) is 36.9 Å². The highest BCUT2D eigenvalue weighted by atomic mass is 16.6. The number of hydrogen-bond donors (Lipinski definition) is 0. The lowest BCUT2D eigenvalue weighted by Crippen LogP contribution is -2.15. The number of nitriles is 1. The zero-order valence-corrected chi connectivity index (χ0v) is 10.9. The van der Waals surface area contributed by atoms with Gasteiger partial charge in [0.15, 0.2) is 11.5 Å². The Labute approximate surface area is 117 Å². The Balaban J connectivity index is 2.14. The third-order valence-corrected chi connectivity index (χ3v) is 3.28. The molecule has 0 aliphatic carbocycles. The first-order valence-electron chi connectivity index (χ1n) is 6.39. The molecule has 2 aromatic carbocycles. The summed E-state index contributed by atoms with van der Waals surface area (Å²) in [5, 5.41) is 9.38. The average Bonchev–Trinajstić information content (AvgIpc) is 2.53. The third kappa shape index (κ3) is 2.02. The molecule has 0 saturated carbocycles. The molecule has 1 aliphatic rings. The van der Waals surface area contributed by atoms with E-state index in [1.54, 1.807) is 6.08 Å². The molecule has 1 aliphatic heterocycles. The molecule has 0 saturated heterocycles. The lowest BCUT2D eigenvalue weighted by molar-refractivity contribution is 0.171. The minimum absolute atomic E-state index is 0.550. The molecule has 1 heterocycles. The van der Waals surface area contributed by atoms with Gasteiger partial charge >= 0.3 is 0 Å². The summed E-state index contributed by atoms with van der Waals surface area (Å²) >= 11 is 0. The van der Waals surface area contributed by atoms with Crippen molar-refractivity contribution in [1.29, 1.82) is 5.26 Å². The van der Waals surface area contributed by atoms with Crippen molar-refractivity contribution in [2.75, 3.05) is 13.2 Å². The Hall–Kier alpha value is -2.73. The molecule has 20 heavy (non-hydrogen) atoms. The fourth-order valence-corrected chi connectivity index (χ4v) is 2.32. The van der Waals surface area contributed by atoms with Crippen LogP contribution in [0.25, 0.3) is 17.2 Å². The molecular formula is C17H13NO2. The molecule has 0 bridgehead atoms. The van der Waals surface area contributed by atoms with Crippen molar-refractivity contribution >= 4 is 6.08 Å². The van der Waals surface area contributed by atoms with Crippen LogP contribution < -0.4 is 9.47 Å². The topological polar surface area (TPSA) is 42.2 Å². The number of benzene rings is 2. The van der Waals surface area contributed by atoms with E-state index in [1.807, 2.05) is 36.4 Å². The van der Waals surface area contributed by atoms with Gasteiger partial charge in [-0.3, -0.25) is 0 Å². The Morgan fingerprint density at radius 1 is 1.10 bits per heavy atom. The molecule has 0 fully saturated rings. The van der Waals surface area contributed by atoms with Crippen molar-refractivity contribution in [3.05, 3.63) is 54.1 Å². The van der Waals surface area contributed by atoms with Gasteiger partial charge in [0.25, 0.3) is 0 Å². The molecule has 0 spiro atoms. The van der Waals surface area contributed by atoms with E-state index in [0.29, 0.717) is 18.8 Å². The summed E-state index contributed by atoms with van der Waals surface area (Å²) in [4.78, 5) is 0. The minimum atomic E-state index is 0.550. The Kier molecular flexibility index (Phi) is 3.14. The molecule has 2 aromatic rings. The first kappa shape index (κ1) is 12.3. The van der Waals surface area contributed by atoms with E-state index in [4.69, 9.17) is 9.47 Å². The van der Waals surface area contributed by atoms with Crippen LogP contribution >= 0.6 is 0 Å². The van der Waals surface area contributed by atoms with Crippen LogP contribution in [0.2, 0.25) is 0 Å². The highest BCUT2D eigenvalue weighted by Gasteiger charge is 2.14. The van der Waals surface area contributed by atoms with Crippen molar-refractivity contribution < 1.29 is 9.47 Å². The lowest BCUT2D eigenvalue weighted by atomic mass is 9.96. The number of ether oxygens (including phenoxy) is 2. The van der Waals surface area contributed by atoms with E-state index in [0.717, 1.165) is 28.2 Å².